The van der Waals surface area contributed by atoms with Crippen LogP contribution in [0.3, 0.4) is 0 Å². The Balaban J connectivity index is 0.00000341. The van der Waals surface area contributed by atoms with Gasteiger partial charge >= 0.3 is 0 Å². The van der Waals surface area contributed by atoms with Gasteiger partial charge in [-0.05, 0) is 31.2 Å². The van der Waals surface area contributed by atoms with E-state index >= 15 is 0 Å². The van der Waals surface area contributed by atoms with Crippen molar-refractivity contribution in [2.24, 2.45) is 10.9 Å². The van der Waals surface area contributed by atoms with Crippen LogP contribution >= 0.6 is 24.0 Å². The minimum atomic E-state index is 0. The Morgan fingerprint density at radius 2 is 2.06 bits per heavy atom. The quantitative estimate of drug-likeness (QED) is 0.310. The fraction of sp³-hybridized carbons (Fsp3) is 0.652. The molecule has 2 aliphatic rings. The maximum atomic E-state index is 12.0. The number of aliphatic imine (C=N–C) groups is 1. The van der Waals surface area contributed by atoms with Gasteiger partial charge < -0.3 is 24.6 Å². The molecule has 0 aliphatic carbocycles. The Labute approximate surface area is 203 Å². The van der Waals surface area contributed by atoms with Crippen LogP contribution in [-0.4, -0.2) is 81.3 Å². The highest BCUT2D eigenvalue weighted by Crippen LogP contribution is 2.18. The molecule has 0 aromatic heterocycles. The van der Waals surface area contributed by atoms with Gasteiger partial charge in [0.1, 0.15) is 6.54 Å². The van der Waals surface area contributed by atoms with Gasteiger partial charge in [0.2, 0.25) is 5.91 Å². The van der Waals surface area contributed by atoms with E-state index in [1.54, 1.807) is 19.0 Å². The first kappa shape index (κ1) is 25.9. The normalized spacial score (nSPS) is 21.5. The number of guanidine groups is 1. The molecule has 8 heteroatoms. The number of hydrogen-bond donors (Lipinski definition) is 1. The number of carbonyl (C=O) groups is 1. The smallest absolute Gasteiger partial charge is 0.243 e. The molecule has 0 spiro atoms. The summed E-state index contributed by atoms with van der Waals surface area (Å²) in [5.41, 5.74) is 1.20. The van der Waals surface area contributed by atoms with E-state index in [2.05, 4.69) is 27.3 Å². The van der Waals surface area contributed by atoms with Gasteiger partial charge in [0.25, 0.3) is 0 Å². The summed E-state index contributed by atoms with van der Waals surface area (Å²) in [6, 6.07) is 10.3. The molecule has 7 nitrogen and oxygen atoms in total. The zero-order valence-electron chi connectivity index (χ0n) is 18.8. The van der Waals surface area contributed by atoms with E-state index in [9.17, 15) is 4.79 Å². The first-order valence-corrected chi connectivity index (χ1v) is 11.1. The number of nitrogens with one attached hydrogen (secondary N) is 1. The molecule has 1 amide bonds. The molecule has 2 atom stereocenters. The van der Waals surface area contributed by atoms with Crippen LogP contribution in [0.5, 0.6) is 0 Å². The fourth-order valence-corrected chi connectivity index (χ4v) is 3.80. The van der Waals surface area contributed by atoms with Crippen molar-refractivity contribution >= 4 is 35.8 Å². The Morgan fingerprint density at radius 1 is 1.26 bits per heavy atom. The summed E-state index contributed by atoms with van der Waals surface area (Å²) in [7, 11) is 3.52. The summed E-state index contributed by atoms with van der Waals surface area (Å²) in [6.07, 6.45) is 4.72. The highest BCUT2D eigenvalue weighted by molar-refractivity contribution is 14.0. The van der Waals surface area contributed by atoms with Gasteiger partial charge in [0.15, 0.2) is 5.96 Å². The van der Waals surface area contributed by atoms with Crippen LogP contribution in [0.4, 0.5) is 0 Å². The number of ether oxygens (including phenoxy) is 2. The van der Waals surface area contributed by atoms with Crippen LogP contribution in [-0.2, 0) is 20.9 Å². The SMILES string of the molecule is CN(C)C(=O)CN=C(NCC1CCCCO1)N1CCC(COCc2ccccc2)C1.I. The third-order valence-corrected chi connectivity index (χ3v) is 5.68. The molecular weight excluding hydrogens is 507 g/mol. The second-order valence-electron chi connectivity index (χ2n) is 8.40. The van der Waals surface area contributed by atoms with Gasteiger partial charge in [-0.15, -0.1) is 24.0 Å². The van der Waals surface area contributed by atoms with Gasteiger partial charge in [0, 0.05) is 46.3 Å². The molecule has 0 bridgehead atoms. The monoisotopic (exact) mass is 544 g/mol. The highest BCUT2D eigenvalue weighted by atomic mass is 127. The summed E-state index contributed by atoms with van der Waals surface area (Å²) < 4.78 is 11.8. The number of carbonyl (C=O) groups excluding carboxylic acids is 1. The molecule has 2 saturated heterocycles. The third kappa shape index (κ3) is 8.94. The van der Waals surface area contributed by atoms with Crippen molar-refractivity contribution < 1.29 is 14.3 Å². The van der Waals surface area contributed by atoms with Crippen LogP contribution in [0.15, 0.2) is 35.3 Å². The molecule has 2 unspecified atom stereocenters. The Morgan fingerprint density at radius 3 is 2.77 bits per heavy atom. The Kier molecular flexibility index (Phi) is 11.6. The van der Waals surface area contributed by atoms with Gasteiger partial charge in [0.05, 0.1) is 19.3 Å². The summed E-state index contributed by atoms with van der Waals surface area (Å²) in [6.45, 7) is 4.93. The van der Waals surface area contributed by atoms with E-state index in [1.165, 1.54) is 12.0 Å². The van der Waals surface area contributed by atoms with Crippen molar-refractivity contribution in [2.75, 3.05) is 53.5 Å². The molecule has 1 aromatic rings. The lowest BCUT2D eigenvalue weighted by molar-refractivity contribution is -0.127. The van der Waals surface area contributed by atoms with E-state index in [0.717, 1.165) is 58.1 Å². The second-order valence-corrected chi connectivity index (χ2v) is 8.40. The fourth-order valence-electron chi connectivity index (χ4n) is 3.80. The number of likely N-dealkylation sites (tertiary alicyclic amines) is 1. The molecule has 2 aliphatic heterocycles. The van der Waals surface area contributed by atoms with Crippen molar-refractivity contribution in [1.29, 1.82) is 0 Å². The van der Waals surface area contributed by atoms with Crippen LogP contribution in [0.1, 0.15) is 31.2 Å². The van der Waals surface area contributed by atoms with E-state index in [-0.39, 0.29) is 42.5 Å². The minimum absolute atomic E-state index is 0. The van der Waals surface area contributed by atoms with Crippen molar-refractivity contribution in [3.05, 3.63) is 35.9 Å². The number of halogens is 1. The lowest BCUT2D eigenvalue weighted by atomic mass is 10.1. The molecule has 0 saturated carbocycles. The zero-order chi connectivity index (χ0) is 21.2. The van der Waals surface area contributed by atoms with Gasteiger partial charge in [-0.3, -0.25) is 4.79 Å². The maximum absolute atomic E-state index is 12.0. The number of nitrogens with zero attached hydrogens (tertiary/aromatic N) is 3. The molecule has 2 heterocycles. The molecule has 1 N–H and O–H groups in total. The van der Waals surface area contributed by atoms with Crippen molar-refractivity contribution in [1.82, 2.24) is 15.1 Å². The van der Waals surface area contributed by atoms with Crippen molar-refractivity contribution in [2.45, 2.75) is 38.4 Å². The first-order valence-electron chi connectivity index (χ1n) is 11.1. The first-order chi connectivity index (χ1) is 14.6. The predicted molar refractivity (Wildman–Crippen MR) is 134 cm³/mol. The zero-order valence-corrected chi connectivity index (χ0v) is 21.1. The molecular formula is C23H37IN4O3. The molecule has 1 aromatic carbocycles. The number of hydrogen-bond acceptors (Lipinski definition) is 4. The Bertz CT molecular complexity index is 681. The average molecular weight is 544 g/mol. The van der Waals surface area contributed by atoms with E-state index in [1.807, 2.05) is 18.2 Å². The maximum Gasteiger partial charge on any atom is 0.243 e. The van der Waals surface area contributed by atoms with Crippen LogP contribution < -0.4 is 5.32 Å². The Hall–Kier alpha value is -1.39. The topological polar surface area (TPSA) is 66.4 Å². The molecule has 174 valence electrons. The van der Waals surface area contributed by atoms with Gasteiger partial charge in [-0.25, -0.2) is 4.99 Å². The summed E-state index contributed by atoms with van der Waals surface area (Å²) in [5, 5.41) is 3.47. The number of rotatable bonds is 8. The minimum Gasteiger partial charge on any atom is -0.376 e. The molecule has 31 heavy (non-hydrogen) atoms. The molecule has 0 radical (unpaired) electrons. The van der Waals surface area contributed by atoms with Crippen molar-refractivity contribution in [3.8, 4) is 0 Å². The largest absolute Gasteiger partial charge is 0.376 e. The average Bonchev–Trinajstić information content (AvgIpc) is 3.23. The van der Waals surface area contributed by atoms with Gasteiger partial charge in [-0.1, -0.05) is 30.3 Å². The van der Waals surface area contributed by atoms with Crippen LogP contribution in [0.2, 0.25) is 0 Å². The standard InChI is InChI=1S/C23H36N4O3.HI/c1-26(2)22(28)15-25-23(24-14-21-10-6-7-13-30-21)27-12-11-20(16-27)18-29-17-19-8-4-3-5-9-19;/h3-5,8-9,20-21H,6-7,10-18H2,1-2H3,(H,24,25);1H. The highest BCUT2D eigenvalue weighted by Gasteiger charge is 2.26. The number of benzene rings is 1. The number of amides is 1. The van der Waals surface area contributed by atoms with E-state index in [0.29, 0.717) is 12.5 Å². The lowest BCUT2D eigenvalue weighted by Gasteiger charge is -2.27. The summed E-state index contributed by atoms with van der Waals surface area (Å²) in [4.78, 5) is 20.5. The lowest BCUT2D eigenvalue weighted by Crippen LogP contribution is -2.45. The van der Waals surface area contributed by atoms with Crippen LogP contribution in [0.25, 0.3) is 0 Å². The van der Waals surface area contributed by atoms with E-state index in [4.69, 9.17) is 9.47 Å². The molecule has 3 rings (SSSR count). The number of likely N-dealkylation sites (N-methyl/N-ethyl adjacent to an activating group) is 1. The predicted octanol–water partition coefficient (Wildman–Crippen LogP) is 2.75. The summed E-state index contributed by atoms with van der Waals surface area (Å²) in [5.74, 6) is 1.28. The van der Waals surface area contributed by atoms with Gasteiger partial charge in [-0.2, -0.15) is 0 Å². The third-order valence-electron chi connectivity index (χ3n) is 5.68. The summed E-state index contributed by atoms with van der Waals surface area (Å²) >= 11 is 0. The van der Waals surface area contributed by atoms with E-state index < -0.39 is 0 Å². The molecule has 2 fully saturated rings. The van der Waals surface area contributed by atoms with Crippen LogP contribution in [0, 0.1) is 5.92 Å². The van der Waals surface area contributed by atoms with Crippen molar-refractivity contribution in [3.63, 3.8) is 0 Å². The second kappa shape index (κ2) is 13.9.